The van der Waals surface area contributed by atoms with Gasteiger partial charge in [-0.2, -0.15) is 0 Å². The van der Waals surface area contributed by atoms with Crippen molar-refractivity contribution in [1.29, 1.82) is 0 Å². The Kier molecular flexibility index (Phi) is 4.03. The number of aryl methyl sites for hydroxylation is 1. The third kappa shape index (κ3) is 2.86. The van der Waals surface area contributed by atoms with Gasteiger partial charge in [-0.3, -0.25) is 0 Å². The van der Waals surface area contributed by atoms with Crippen LogP contribution in [0.2, 0.25) is 0 Å². The molecule has 3 nitrogen and oxygen atoms in total. The summed E-state index contributed by atoms with van der Waals surface area (Å²) >= 11 is 1.76. The highest BCUT2D eigenvalue weighted by Gasteiger charge is 2.21. The normalized spacial score (nSPS) is 17.2. The number of thiazole rings is 1. The second-order valence-electron chi connectivity index (χ2n) is 5.55. The molecular formula is C16H21N3S. The van der Waals surface area contributed by atoms with E-state index in [2.05, 4.69) is 53.4 Å². The van der Waals surface area contributed by atoms with E-state index < -0.39 is 0 Å². The van der Waals surface area contributed by atoms with Crippen LogP contribution in [0.25, 0.3) is 0 Å². The third-order valence-electron chi connectivity index (χ3n) is 4.06. The van der Waals surface area contributed by atoms with Crippen molar-refractivity contribution in [3.8, 4) is 0 Å². The summed E-state index contributed by atoms with van der Waals surface area (Å²) in [6.45, 7) is 5.31. The molecule has 0 saturated heterocycles. The van der Waals surface area contributed by atoms with Gasteiger partial charge in [0.05, 0.1) is 11.2 Å². The monoisotopic (exact) mass is 287 g/mol. The Hall–Kier alpha value is -1.39. The van der Waals surface area contributed by atoms with Crippen molar-refractivity contribution < 1.29 is 0 Å². The average Bonchev–Trinajstić information content (AvgIpc) is 3.04. The molecule has 3 rings (SSSR count). The zero-order valence-electron chi connectivity index (χ0n) is 12.1. The molecule has 4 heteroatoms. The molecule has 1 aliphatic rings. The van der Waals surface area contributed by atoms with Crippen molar-refractivity contribution in [2.45, 2.75) is 25.8 Å². The molecule has 1 atom stereocenters. The molecule has 20 heavy (non-hydrogen) atoms. The van der Waals surface area contributed by atoms with E-state index >= 15 is 0 Å². The molecule has 0 bridgehead atoms. The molecule has 0 amide bonds. The van der Waals surface area contributed by atoms with E-state index in [1.807, 2.05) is 5.51 Å². The van der Waals surface area contributed by atoms with Crippen LogP contribution in [-0.4, -0.2) is 30.0 Å². The summed E-state index contributed by atoms with van der Waals surface area (Å²) in [5.74, 6) is 0.649. The topological polar surface area (TPSA) is 28.2 Å². The fourth-order valence-corrected chi connectivity index (χ4v) is 3.65. The maximum Gasteiger partial charge on any atom is 0.0798 e. The summed E-state index contributed by atoms with van der Waals surface area (Å²) in [4.78, 5) is 8.11. The van der Waals surface area contributed by atoms with E-state index in [0.717, 1.165) is 19.6 Å². The van der Waals surface area contributed by atoms with Crippen LogP contribution in [0.4, 0.5) is 5.69 Å². The first-order valence-corrected chi connectivity index (χ1v) is 8.02. The predicted octanol–water partition coefficient (Wildman–Crippen LogP) is 3.48. The fraction of sp³-hybridized carbons (Fsp3) is 0.438. The average molecular weight is 287 g/mol. The molecule has 2 aromatic rings. The number of fused-ring (bicyclic) bond motifs is 1. The van der Waals surface area contributed by atoms with Crippen LogP contribution in [-0.2, 0) is 6.54 Å². The predicted molar refractivity (Wildman–Crippen MR) is 85.5 cm³/mol. The highest BCUT2D eigenvalue weighted by atomic mass is 32.1. The van der Waals surface area contributed by atoms with Gasteiger partial charge < -0.3 is 10.2 Å². The lowest BCUT2D eigenvalue weighted by Gasteiger charge is -2.18. The van der Waals surface area contributed by atoms with E-state index in [1.165, 1.54) is 28.2 Å². The molecule has 0 radical (unpaired) electrons. The van der Waals surface area contributed by atoms with Gasteiger partial charge >= 0.3 is 0 Å². The number of para-hydroxylation sites is 1. The standard InChI is InChI=1S/C16H21N3S/c1-12-16(20-11-18-12)10-19(2)8-7-13-9-17-15-6-4-3-5-14(13)15/h3-6,11,13,17H,7-10H2,1-2H3. The van der Waals surface area contributed by atoms with E-state index in [-0.39, 0.29) is 0 Å². The molecule has 1 aliphatic heterocycles. The minimum atomic E-state index is 0.649. The van der Waals surface area contributed by atoms with Gasteiger partial charge in [0.25, 0.3) is 0 Å². The van der Waals surface area contributed by atoms with Crippen LogP contribution in [0.5, 0.6) is 0 Å². The van der Waals surface area contributed by atoms with Gasteiger partial charge in [-0.15, -0.1) is 11.3 Å². The number of aromatic nitrogens is 1. The number of anilines is 1. The van der Waals surface area contributed by atoms with E-state index in [9.17, 15) is 0 Å². The Bertz CT molecular complexity index is 579. The molecule has 1 aromatic carbocycles. The van der Waals surface area contributed by atoms with Crippen molar-refractivity contribution >= 4 is 17.0 Å². The molecule has 1 unspecified atom stereocenters. The summed E-state index contributed by atoms with van der Waals surface area (Å²) < 4.78 is 0. The molecule has 1 aromatic heterocycles. The van der Waals surface area contributed by atoms with Gasteiger partial charge in [0.2, 0.25) is 0 Å². The van der Waals surface area contributed by atoms with Crippen LogP contribution in [0, 0.1) is 6.92 Å². The van der Waals surface area contributed by atoms with Crippen LogP contribution in [0.3, 0.4) is 0 Å². The van der Waals surface area contributed by atoms with E-state index in [1.54, 1.807) is 11.3 Å². The number of nitrogens with zero attached hydrogens (tertiary/aromatic N) is 2. The summed E-state index contributed by atoms with van der Waals surface area (Å²) in [5.41, 5.74) is 5.92. The van der Waals surface area contributed by atoms with Gasteiger partial charge in [-0.05, 0) is 38.6 Å². The minimum Gasteiger partial charge on any atom is -0.384 e. The maximum atomic E-state index is 4.32. The Balaban J connectivity index is 1.54. The summed E-state index contributed by atoms with van der Waals surface area (Å²) in [6, 6.07) is 8.68. The largest absolute Gasteiger partial charge is 0.384 e. The third-order valence-corrected chi connectivity index (χ3v) is 4.98. The number of rotatable bonds is 5. The lowest BCUT2D eigenvalue weighted by Crippen LogP contribution is -2.21. The minimum absolute atomic E-state index is 0.649. The Morgan fingerprint density at radius 3 is 3.05 bits per heavy atom. The quantitative estimate of drug-likeness (QED) is 0.912. The Morgan fingerprint density at radius 1 is 1.40 bits per heavy atom. The number of hydrogen-bond acceptors (Lipinski definition) is 4. The van der Waals surface area contributed by atoms with Crippen molar-refractivity contribution in [3.05, 3.63) is 45.9 Å². The number of hydrogen-bond donors (Lipinski definition) is 1. The van der Waals surface area contributed by atoms with Crippen LogP contribution < -0.4 is 5.32 Å². The van der Waals surface area contributed by atoms with Gasteiger partial charge in [0, 0.05) is 29.6 Å². The van der Waals surface area contributed by atoms with Crippen LogP contribution in [0.1, 0.15) is 28.5 Å². The van der Waals surface area contributed by atoms with Gasteiger partial charge in [0.15, 0.2) is 0 Å². The van der Waals surface area contributed by atoms with Crippen LogP contribution >= 0.6 is 11.3 Å². The van der Waals surface area contributed by atoms with Crippen LogP contribution in [0.15, 0.2) is 29.8 Å². The van der Waals surface area contributed by atoms with Gasteiger partial charge in [-0.25, -0.2) is 4.98 Å². The number of benzene rings is 1. The molecular weight excluding hydrogens is 266 g/mol. The molecule has 0 aliphatic carbocycles. The van der Waals surface area contributed by atoms with Crippen molar-refractivity contribution in [3.63, 3.8) is 0 Å². The highest BCUT2D eigenvalue weighted by Crippen LogP contribution is 2.33. The Morgan fingerprint density at radius 2 is 2.25 bits per heavy atom. The summed E-state index contributed by atoms with van der Waals surface area (Å²) in [6.07, 6.45) is 1.21. The first-order valence-electron chi connectivity index (χ1n) is 7.14. The zero-order valence-corrected chi connectivity index (χ0v) is 12.9. The fourth-order valence-electron chi connectivity index (χ4n) is 2.79. The molecule has 0 fully saturated rings. The van der Waals surface area contributed by atoms with Gasteiger partial charge in [0.1, 0.15) is 0 Å². The second-order valence-corrected chi connectivity index (χ2v) is 6.49. The van der Waals surface area contributed by atoms with Crippen molar-refractivity contribution in [1.82, 2.24) is 9.88 Å². The maximum absolute atomic E-state index is 4.32. The zero-order chi connectivity index (χ0) is 13.9. The smallest absolute Gasteiger partial charge is 0.0798 e. The first-order chi connectivity index (χ1) is 9.74. The molecule has 106 valence electrons. The molecule has 1 N–H and O–H groups in total. The SMILES string of the molecule is Cc1ncsc1CN(C)CCC1CNc2ccccc21. The van der Waals surface area contributed by atoms with Crippen molar-refractivity contribution in [2.75, 3.05) is 25.5 Å². The van der Waals surface area contributed by atoms with Gasteiger partial charge in [-0.1, -0.05) is 18.2 Å². The molecule has 0 saturated carbocycles. The summed E-state index contributed by atoms with van der Waals surface area (Å²) in [7, 11) is 2.20. The lowest BCUT2D eigenvalue weighted by molar-refractivity contribution is 0.315. The van der Waals surface area contributed by atoms with Crippen molar-refractivity contribution in [2.24, 2.45) is 0 Å². The molecule has 0 spiro atoms. The summed E-state index contributed by atoms with van der Waals surface area (Å²) in [5, 5.41) is 3.50. The first kappa shape index (κ1) is 13.6. The number of nitrogens with one attached hydrogen (secondary N) is 1. The lowest BCUT2D eigenvalue weighted by atomic mass is 9.98. The van der Waals surface area contributed by atoms with E-state index in [0.29, 0.717) is 5.92 Å². The second kappa shape index (κ2) is 5.94. The molecule has 2 heterocycles. The van der Waals surface area contributed by atoms with E-state index in [4.69, 9.17) is 0 Å². The highest BCUT2D eigenvalue weighted by molar-refractivity contribution is 7.09. The Labute approximate surface area is 124 Å².